The monoisotopic (exact) mass is 540 g/mol. The third-order valence-electron chi connectivity index (χ3n) is 6.35. The summed E-state index contributed by atoms with van der Waals surface area (Å²) in [6.45, 7) is 6.63. The third-order valence-corrected chi connectivity index (χ3v) is 7.18. The summed E-state index contributed by atoms with van der Waals surface area (Å²) in [6.07, 6.45) is 4.70. The van der Waals surface area contributed by atoms with E-state index >= 15 is 0 Å². The van der Waals surface area contributed by atoms with Crippen LogP contribution in [0.25, 0.3) is 0 Å². The lowest BCUT2D eigenvalue weighted by atomic mass is 9.77. The largest absolute Gasteiger partial charge is 0.491 e. The molecule has 0 spiro atoms. The molecule has 0 amide bonds. The molecule has 0 fully saturated rings. The molecule has 37 heavy (non-hydrogen) atoms. The van der Waals surface area contributed by atoms with Crippen LogP contribution in [0.5, 0.6) is 11.5 Å². The van der Waals surface area contributed by atoms with E-state index in [1.807, 2.05) is 43.3 Å². The average Bonchev–Trinajstić information content (AvgIpc) is 3.24. The maximum Gasteiger partial charge on any atom is 0.236 e. The normalized spacial score (nSPS) is 15.1. The molecular weight excluding hydrogens is 512 g/mol. The van der Waals surface area contributed by atoms with Gasteiger partial charge < -0.3 is 9.47 Å². The van der Waals surface area contributed by atoms with Gasteiger partial charge in [-0.1, -0.05) is 44.5 Å². The molecule has 4 rings (SSSR count). The first-order chi connectivity index (χ1) is 17.5. The number of sulfonamides is 1. The molecule has 0 aliphatic heterocycles. The van der Waals surface area contributed by atoms with Gasteiger partial charge in [-0.15, -0.1) is 0 Å². The molecule has 194 valence electrons. The summed E-state index contributed by atoms with van der Waals surface area (Å²) in [5.74, 6) is 1.13. The summed E-state index contributed by atoms with van der Waals surface area (Å²) < 4.78 is 37.3. The number of ether oxygens (including phenoxy) is 2. The second-order valence-corrected chi connectivity index (χ2v) is 11.7. The third kappa shape index (κ3) is 5.97. The Balaban J connectivity index is 1.54. The fourth-order valence-electron chi connectivity index (χ4n) is 4.31. The van der Waals surface area contributed by atoms with Gasteiger partial charge in [0.2, 0.25) is 16.0 Å². The highest BCUT2D eigenvalue weighted by molar-refractivity contribution is 7.91. The van der Waals surface area contributed by atoms with Gasteiger partial charge in [0.15, 0.2) is 5.75 Å². The van der Waals surface area contributed by atoms with E-state index in [-0.39, 0.29) is 12.1 Å². The number of aromatic nitrogens is 2. The van der Waals surface area contributed by atoms with E-state index in [0.717, 1.165) is 42.2 Å². The first-order valence-electron chi connectivity index (χ1n) is 12.0. The van der Waals surface area contributed by atoms with Crippen LogP contribution in [0.15, 0.2) is 42.6 Å². The Bertz CT molecular complexity index is 1450. The summed E-state index contributed by atoms with van der Waals surface area (Å²) in [6, 6.07) is 13.7. The van der Waals surface area contributed by atoms with E-state index in [1.165, 1.54) is 0 Å². The van der Waals surface area contributed by atoms with E-state index < -0.39 is 15.4 Å². The van der Waals surface area contributed by atoms with Gasteiger partial charge in [-0.25, -0.2) is 18.4 Å². The second kappa shape index (κ2) is 10.6. The highest BCUT2D eigenvalue weighted by atomic mass is 35.5. The van der Waals surface area contributed by atoms with E-state index in [9.17, 15) is 13.7 Å². The number of fused-ring (bicyclic) bond motifs is 1. The smallest absolute Gasteiger partial charge is 0.236 e. The number of anilines is 1. The first kappa shape index (κ1) is 26.7. The molecule has 1 atom stereocenters. The molecule has 10 heteroatoms. The summed E-state index contributed by atoms with van der Waals surface area (Å²) in [4.78, 5) is 8.48. The number of nitrogens with zero attached hydrogens (tertiary/aromatic N) is 3. The van der Waals surface area contributed by atoms with Crippen LogP contribution in [0.4, 0.5) is 5.95 Å². The van der Waals surface area contributed by atoms with Crippen molar-refractivity contribution in [3.8, 4) is 17.6 Å². The molecule has 0 bridgehead atoms. The zero-order valence-corrected chi connectivity index (χ0v) is 22.8. The molecule has 2 aromatic carbocycles. The van der Waals surface area contributed by atoms with Crippen LogP contribution in [0, 0.1) is 11.3 Å². The second-order valence-electron chi connectivity index (χ2n) is 9.57. The molecule has 1 unspecified atom stereocenters. The van der Waals surface area contributed by atoms with Crippen LogP contribution in [0.2, 0.25) is 5.02 Å². The highest BCUT2D eigenvalue weighted by Crippen LogP contribution is 2.39. The first-order valence-corrected chi connectivity index (χ1v) is 14.3. The fraction of sp³-hybridized carbons (Fsp3) is 0.370. The molecule has 0 saturated carbocycles. The van der Waals surface area contributed by atoms with Crippen molar-refractivity contribution < 1.29 is 17.9 Å². The Kier molecular flexibility index (Phi) is 7.62. The van der Waals surface area contributed by atoms with Crippen molar-refractivity contribution in [1.82, 2.24) is 9.97 Å². The fourth-order valence-corrected chi connectivity index (χ4v) is 5.02. The lowest BCUT2D eigenvalue weighted by Crippen LogP contribution is -2.19. The van der Waals surface area contributed by atoms with Gasteiger partial charge in [0, 0.05) is 11.6 Å². The van der Waals surface area contributed by atoms with E-state index in [1.54, 1.807) is 6.20 Å². The highest BCUT2D eigenvalue weighted by Gasteiger charge is 2.29. The lowest BCUT2D eigenvalue weighted by molar-refractivity contribution is 0.203. The van der Waals surface area contributed by atoms with Crippen LogP contribution in [0.1, 0.15) is 67.7 Å². The van der Waals surface area contributed by atoms with Crippen LogP contribution < -0.4 is 14.2 Å². The van der Waals surface area contributed by atoms with Crippen molar-refractivity contribution in [2.45, 2.75) is 51.6 Å². The summed E-state index contributed by atoms with van der Waals surface area (Å²) in [7, 11) is -3.48. The zero-order valence-electron chi connectivity index (χ0n) is 21.2. The van der Waals surface area contributed by atoms with Crippen molar-refractivity contribution in [3.63, 3.8) is 0 Å². The standard InChI is InChI=1S/C27H29ClN4O4S/c1-5-12-35-25-18(15-29)13-20(14-22(25)28)27(2,3)19-7-9-21(10-8-19)36-23-11-6-17-16-30-26(31-24(17)23)32-37(4,33)34/h7-10,13-14,16,23H,5-6,11-12H2,1-4H3,(H,30,31,32). The van der Waals surface area contributed by atoms with Gasteiger partial charge in [-0.05, 0) is 60.2 Å². The summed E-state index contributed by atoms with van der Waals surface area (Å²) >= 11 is 6.51. The number of halogens is 1. The molecule has 1 N–H and O–H groups in total. The number of nitrogens with one attached hydrogen (secondary N) is 1. The zero-order chi connectivity index (χ0) is 26.8. The average molecular weight is 541 g/mol. The number of nitriles is 1. The summed E-state index contributed by atoms with van der Waals surface area (Å²) in [5.41, 5.74) is 3.54. The molecule has 1 aliphatic rings. The molecule has 0 radical (unpaired) electrons. The van der Waals surface area contributed by atoms with Crippen LogP contribution in [-0.2, 0) is 21.9 Å². The van der Waals surface area contributed by atoms with Gasteiger partial charge >= 0.3 is 0 Å². The maximum atomic E-state index is 11.5. The Morgan fingerprint density at radius 2 is 1.95 bits per heavy atom. The number of benzene rings is 2. The van der Waals surface area contributed by atoms with Crippen molar-refractivity contribution in [3.05, 3.63) is 75.6 Å². The van der Waals surface area contributed by atoms with Gasteiger partial charge in [0.1, 0.15) is 17.9 Å². The van der Waals surface area contributed by atoms with Crippen LogP contribution in [0.3, 0.4) is 0 Å². The lowest BCUT2D eigenvalue weighted by Gasteiger charge is -2.27. The Labute approximate surface area is 222 Å². The van der Waals surface area contributed by atoms with Crippen LogP contribution >= 0.6 is 11.6 Å². The molecular formula is C27H29ClN4O4S. The molecule has 1 heterocycles. The maximum absolute atomic E-state index is 11.5. The molecule has 8 nitrogen and oxygen atoms in total. The predicted molar refractivity (Wildman–Crippen MR) is 143 cm³/mol. The van der Waals surface area contributed by atoms with Crippen molar-refractivity contribution in [1.29, 1.82) is 5.26 Å². The SMILES string of the molecule is CCCOc1c(Cl)cc(C(C)(C)c2ccc(OC3CCc4cnc(NS(C)(=O)=O)nc43)cc2)cc1C#N. The minimum absolute atomic E-state index is 0.0374. The van der Waals surface area contributed by atoms with Gasteiger partial charge in [-0.2, -0.15) is 5.26 Å². The van der Waals surface area contributed by atoms with Gasteiger partial charge in [0.05, 0.1) is 29.1 Å². The minimum atomic E-state index is -3.48. The molecule has 3 aromatic rings. The molecule has 1 aromatic heterocycles. The van der Waals surface area contributed by atoms with Gasteiger partial charge in [0.25, 0.3) is 0 Å². The van der Waals surface area contributed by atoms with Crippen LogP contribution in [-0.4, -0.2) is 31.2 Å². The Hall–Kier alpha value is -3.35. The topological polar surface area (TPSA) is 114 Å². The minimum Gasteiger partial charge on any atom is -0.491 e. The van der Waals surface area contributed by atoms with Crippen molar-refractivity contribution >= 4 is 27.6 Å². The van der Waals surface area contributed by atoms with E-state index in [0.29, 0.717) is 34.4 Å². The number of rotatable bonds is 9. The number of aryl methyl sites for hydroxylation is 1. The van der Waals surface area contributed by atoms with Crippen molar-refractivity contribution in [2.75, 3.05) is 17.6 Å². The molecule has 1 aliphatic carbocycles. The van der Waals surface area contributed by atoms with Crippen molar-refractivity contribution in [2.24, 2.45) is 0 Å². The Morgan fingerprint density at radius 3 is 2.59 bits per heavy atom. The van der Waals surface area contributed by atoms with E-state index in [4.69, 9.17) is 21.1 Å². The predicted octanol–water partition coefficient (Wildman–Crippen LogP) is 5.55. The number of hydrogen-bond acceptors (Lipinski definition) is 7. The van der Waals surface area contributed by atoms with Gasteiger partial charge in [-0.3, -0.25) is 4.72 Å². The Morgan fingerprint density at radius 1 is 1.22 bits per heavy atom. The number of hydrogen-bond donors (Lipinski definition) is 1. The van der Waals surface area contributed by atoms with E-state index in [2.05, 4.69) is 34.6 Å². The summed E-state index contributed by atoms with van der Waals surface area (Å²) in [5, 5.41) is 10.1. The quantitative estimate of drug-likeness (QED) is 0.378. The molecule has 0 saturated heterocycles.